The lowest BCUT2D eigenvalue weighted by atomic mass is 10.0. The van der Waals surface area contributed by atoms with Gasteiger partial charge in [0.1, 0.15) is 0 Å². The lowest BCUT2D eigenvalue weighted by Gasteiger charge is -2.31. The average Bonchev–Trinajstić information content (AvgIpc) is 2.45. The number of halogens is 1. The molecule has 17 heavy (non-hydrogen) atoms. The van der Waals surface area contributed by atoms with Crippen molar-refractivity contribution < 1.29 is 8.42 Å². The van der Waals surface area contributed by atoms with E-state index in [1.165, 1.54) is 6.26 Å². The molecule has 1 aromatic heterocycles. The second-order valence-electron chi connectivity index (χ2n) is 4.70. The molecular weight excluding hydrogens is 322 g/mol. The summed E-state index contributed by atoms with van der Waals surface area (Å²) < 4.78 is 24.0. The van der Waals surface area contributed by atoms with Crippen LogP contribution < -0.4 is 5.32 Å². The standard InChI is InChI=1S/C11H18BrNO2S2/c1-7-6-8(16-10(7)12)9(13-4)11(2,3)17(5,14)15/h6,9,13H,1-5H3. The highest BCUT2D eigenvalue weighted by Crippen LogP contribution is 2.38. The predicted octanol–water partition coefficient (Wildman–Crippen LogP) is 2.90. The van der Waals surface area contributed by atoms with Gasteiger partial charge >= 0.3 is 0 Å². The summed E-state index contributed by atoms with van der Waals surface area (Å²) in [7, 11) is -1.34. The molecule has 1 N–H and O–H groups in total. The first-order valence-corrected chi connectivity index (χ1v) is 8.74. The molecule has 6 heteroatoms. The van der Waals surface area contributed by atoms with E-state index >= 15 is 0 Å². The van der Waals surface area contributed by atoms with Crippen molar-refractivity contribution in [3.8, 4) is 0 Å². The fourth-order valence-corrected chi connectivity index (χ4v) is 4.29. The molecule has 0 amide bonds. The molecule has 1 rings (SSSR count). The molecule has 98 valence electrons. The van der Waals surface area contributed by atoms with Crippen molar-refractivity contribution in [2.75, 3.05) is 13.3 Å². The van der Waals surface area contributed by atoms with Crippen LogP contribution in [0.2, 0.25) is 0 Å². The third-order valence-electron chi connectivity index (χ3n) is 3.10. The van der Waals surface area contributed by atoms with Crippen molar-refractivity contribution in [3.05, 3.63) is 20.3 Å². The van der Waals surface area contributed by atoms with E-state index in [0.717, 1.165) is 14.2 Å². The number of thiophene rings is 1. The fraction of sp³-hybridized carbons (Fsp3) is 0.636. The first-order valence-electron chi connectivity index (χ1n) is 5.24. The maximum absolute atomic E-state index is 11.9. The van der Waals surface area contributed by atoms with E-state index in [9.17, 15) is 8.42 Å². The molecule has 1 aromatic rings. The van der Waals surface area contributed by atoms with Gasteiger partial charge in [0.05, 0.1) is 14.6 Å². The zero-order chi connectivity index (χ0) is 13.4. The molecular formula is C11H18BrNO2S2. The molecule has 0 saturated heterocycles. The SMILES string of the molecule is CNC(c1cc(C)c(Br)s1)C(C)(C)S(C)(=O)=O. The third kappa shape index (κ3) is 2.92. The fourth-order valence-electron chi connectivity index (χ4n) is 1.67. The largest absolute Gasteiger partial charge is 0.311 e. The van der Waals surface area contributed by atoms with E-state index in [4.69, 9.17) is 0 Å². The molecule has 1 heterocycles. The Morgan fingerprint density at radius 1 is 1.47 bits per heavy atom. The Balaban J connectivity index is 3.25. The van der Waals surface area contributed by atoms with Crippen molar-refractivity contribution in [2.45, 2.75) is 31.6 Å². The van der Waals surface area contributed by atoms with Gasteiger partial charge in [0.15, 0.2) is 9.84 Å². The number of aryl methyl sites for hydroxylation is 1. The van der Waals surface area contributed by atoms with Crippen LogP contribution >= 0.6 is 27.3 Å². The molecule has 0 aromatic carbocycles. The lowest BCUT2D eigenvalue weighted by molar-refractivity contribution is 0.451. The average molecular weight is 340 g/mol. The maximum atomic E-state index is 11.9. The zero-order valence-corrected chi connectivity index (χ0v) is 13.9. The van der Waals surface area contributed by atoms with Gasteiger partial charge in [0, 0.05) is 11.1 Å². The lowest BCUT2D eigenvalue weighted by Crippen LogP contribution is -2.43. The Morgan fingerprint density at radius 2 is 2.00 bits per heavy atom. The zero-order valence-electron chi connectivity index (χ0n) is 10.7. The summed E-state index contributed by atoms with van der Waals surface area (Å²) in [5, 5.41) is 3.12. The minimum absolute atomic E-state index is 0.201. The molecule has 3 nitrogen and oxygen atoms in total. The van der Waals surface area contributed by atoms with Crippen molar-refractivity contribution in [3.63, 3.8) is 0 Å². The van der Waals surface area contributed by atoms with Crippen LogP contribution in [0.25, 0.3) is 0 Å². The number of hydrogen-bond acceptors (Lipinski definition) is 4. The molecule has 0 aliphatic heterocycles. The van der Waals surface area contributed by atoms with Crippen LogP contribution in [0.3, 0.4) is 0 Å². The van der Waals surface area contributed by atoms with E-state index in [2.05, 4.69) is 21.2 Å². The van der Waals surface area contributed by atoms with Gasteiger partial charge in [0.25, 0.3) is 0 Å². The van der Waals surface area contributed by atoms with Crippen molar-refractivity contribution in [1.29, 1.82) is 0 Å². The second kappa shape index (κ2) is 4.99. The molecule has 1 atom stereocenters. The van der Waals surface area contributed by atoms with Crippen LogP contribution in [-0.2, 0) is 9.84 Å². The Hall–Kier alpha value is 0.0900. The monoisotopic (exact) mass is 339 g/mol. The van der Waals surface area contributed by atoms with Gasteiger partial charge in [-0.05, 0) is 55.4 Å². The van der Waals surface area contributed by atoms with Crippen LogP contribution in [0.1, 0.15) is 30.3 Å². The van der Waals surface area contributed by atoms with Crippen molar-refractivity contribution in [2.24, 2.45) is 0 Å². The number of nitrogens with one attached hydrogen (secondary N) is 1. The first-order chi connectivity index (χ1) is 7.61. The molecule has 0 aliphatic carbocycles. The smallest absolute Gasteiger partial charge is 0.154 e. The van der Waals surface area contributed by atoms with Gasteiger partial charge < -0.3 is 5.32 Å². The van der Waals surface area contributed by atoms with E-state index < -0.39 is 14.6 Å². The minimum atomic E-state index is -3.14. The molecule has 0 aliphatic rings. The molecule has 0 saturated carbocycles. The maximum Gasteiger partial charge on any atom is 0.154 e. The molecule has 0 fully saturated rings. The topological polar surface area (TPSA) is 46.2 Å². The van der Waals surface area contributed by atoms with Crippen molar-refractivity contribution >= 4 is 37.1 Å². The summed E-state index contributed by atoms with van der Waals surface area (Å²) in [4.78, 5) is 1.03. The summed E-state index contributed by atoms with van der Waals surface area (Å²) in [5.74, 6) is 0. The van der Waals surface area contributed by atoms with Crippen LogP contribution in [-0.4, -0.2) is 26.5 Å². The molecule has 0 spiro atoms. The molecule has 0 bridgehead atoms. The van der Waals surface area contributed by atoms with E-state index in [0.29, 0.717) is 0 Å². The highest BCUT2D eigenvalue weighted by atomic mass is 79.9. The molecule has 1 unspecified atom stereocenters. The second-order valence-corrected chi connectivity index (χ2v) is 9.70. The van der Waals surface area contributed by atoms with Gasteiger partial charge in [0.2, 0.25) is 0 Å². The Bertz CT molecular complexity index is 486. The Morgan fingerprint density at radius 3 is 2.29 bits per heavy atom. The normalized spacial score (nSPS) is 14.9. The van der Waals surface area contributed by atoms with Gasteiger partial charge in [-0.3, -0.25) is 0 Å². The first kappa shape index (κ1) is 15.1. The van der Waals surface area contributed by atoms with E-state index in [1.807, 2.05) is 13.0 Å². The molecule has 0 radical (unpaired) electrons. The number of rotatable bonds is 4. The van der Waals surface area contributed by atoms with Crippen LogP contribution in [0.5, 0.6) is 0 Å². The van der Waals surface area contributed by atoms with Gasteiger partial charge in [-0.25, -0.2) is 8.42 Å². The Kier molecular flexibility index (Phi) is 4.45. The van der Waals surface area contributed by atoms with Crippen LogP contribution in [0.4, 0.5) is 0 Å². The van der Waals surface area contributed by atoms with Crippen LogP contribution in [0, 0.1) is 6.92 Å². The highest BCUT2D eigenvalue weighted by molar-refractivity contribution is 9.11. The predicted molar refractivity (Wildman–Crippen MR) is 77.5 cm³/mol. The third-order valence-corrected chi connectivity index (χ3v) is 7.45. The summed E-state index contributed by atoms with van der Waals surface area (Å²) >= 11 is 5.05. The van der Waals surface area contributed by atoms with Crippen molar-refractivity contribution in [1.82, 2.24) is 5.32 Å². The Labute approximate surface area is 116 Å². The van der Waals surface area contributed by atoms with E-state index in [-0.39, 0.29) is 6.04 Å². The number of sulfone groups is 1. The summed E-state index contributed by atoms with van der Waals surface area (Å²) in [6.45, 7) is 5.52. The summed E-state index contributed by atoms with van der Waals surface area (Å²) in [6.07, 6.45) is 1.28. The van der Waals surface area contributed by atoms with Gasteiger partial charge in [-0.15, -0.1) is 11.3 Å². The van der Waals surface area contributed by atoms with Crippen LogP contribution in [0.15, 0.2) is 9.85 Å². The highest BCUT2D eigenvalue weighted by Gasteiger charge is 2.40. The summed E-state index contributed by atoms with van der Waals surface area (Å²) in [6, 6.07) is 1.83. The van der Waals surface area contributed by atoms with Gasteiger partial charge in [-0.2, -0.15) is 0 Å². The minimum Gasteiger partial charge on any atom is -0.311 e. The van der Waals surface area contributed by atoms with Gasteiger partial charge in [-0.1, -0.05) is 0 Å². The summed E-state index contributed by atoms with van der Waals surface area (Å²) in [5.41, 5.74) is 1.13. The number of hydrogen-bond donors (Lipinski definition) is 1. The van der Waals surface area contributed by atoms with E-state index in [1.54, 1.807) is 32.2 Å². The quantitative estimate of drug-likeness (QED) is 0.917.